The number of amides is 2. The van der Waals surface area contributed by atoms with Crippen molar-refractivity contribution in [2.24, 2.45) is 5.41 Å². The Morgan fingerprint density at radius 1 is 1.24 bits per heavy atom. The van der Waals surface area contributed by atoms with Gasteiger partial charge in [0.25, 0.3) is 0 Å². The molecule has 0 atom stereocenters. The fraction of sp³-hybridized carbons (Fsp3) is 0.923. The van der Waals surface area contributed by atoms with E-state index in [2.05, 4.69) is 24.5 Å². The molecule has 0 aromatic heterocycles. The maximum Gasteiger partial charge on any atom is 0.315 e. The van der Waals surface area contributed by atoms with Crippen molar-refractivity contribution in [2.45, 2.75) is 64.0 Å². The van der Waals surface area contributed by atoms with Gasteiger partial charge in [-0.1, -0.05) is 13.8 Å². The lowest BCUT2D eigenvalue weighted by Crippen LogP contribution is -2.49. The zero-order valence-corrected chi connectivity index (χ0v) is 10.9. The van der Waals surface area contributed by atoms with Gasteiger partial charge in [-0.25, -0.2) is 4.79 Å². The molecule has 2 rings (SSSR count). The summed E-state index contributed by atoms with van der Waals surface area (Å²) < 4.78 is 0. The van der Waals surface area contributed by atoms with Crippen LogP contribution < -0.4 is 10.6 Å². The molecule has 0 aromatic carbocycles. The standard InChI is InChI=1S/C13H24N2O2/c1-12(2)5-7-13(17,8-6-12)9-14-11(16)15-10-3-4-10/h10,17H,3-9H2,1-2H3,(H2,14,15,16). The molecule has 2 amide bonds. The Kier molecular flexibility index (Phi) is 3.34. The Hall–Kier alpha value is -0.770. The van der Waals surface area contributed by atoms with Gasteiger partial charge < -0.3 is 15.7 Å². The van der Waals surface area contributed by atoms with Crippen LogP contribution in [0.25, 0.3) is 0 Å². The highest BCUT2D eigenvalue weighted by Crippen LogP contribution is 2.39. The Labute approximate surface area is 103 Å². The fourth-order valence-corrected chi connectivity index (χ4v) is 2.28. The van der Waals surface area contributed by atoms with Crippen LogP contribution in [0.2, 0.25) is 0 Å². The topological polar surface area (TPSA) is 61.4 Å². The van der Waals surface area contributed by atoms with E-state index in [4.69, 9.17) is 0 Å². The molecule has 98 valence electrons. The predicted octanol–water partition coefficient (Wildman–Crippen LogP) is 1.78. The minimum atomic E-state index is -0.698. The molecule has 0 aliphatic heterocycles. The van der Waals surface area contributed by atoms with E-state index in [9.17, 15) is 9.90 Å². The van der Waals surface area contributed by atoms with Crippen molar-refractivity contribution in [2.75, 3.05) is 6.54 Å². The summed E-state index contributed by atoms with van der Waals surface area (Å²) in [6.07, 6.45) is 5.79. The molecule has 0 radical (unpaired) electrons. The molecule has 4 nitrogen and oxygen atoms in total. The molecule has 0 saturated heterocycles. The normalized spacial score (nSPS) is 26.3. The number of rotatable bonds is 3. The summed E-state index contributed by atoms with van der Waals surface area (Å²) in [5.74, 6) is 0. The van der Waals surface area contributed by atoms with E-state index in [1.165, 1.54) is 0 Å². The van der Waals surface area contributed by atoms with Gasteiger partial charge in [0.05, 0.1) is 5.60 Å². The van der Waals surface area contributed by atoms with Crippen molar-refractivity contribution in [1.82, 2.24) is 10.6 Å². The largest absolute Gasteiger partial charge is 0.388 e. The highest BCUT2D eigenvalue weighted by Gasteiger charge is 2.37. The molecule has 0 heterocycles. The molecule has 0 spiro atoms. The lowest BCUT2D eigenvalue weighted by Gasteiger charge is -2.40. The molecule has 3 N–H and O–H groups in total. The highest BCUT2D eigenvalue weighted by atomic mass is 16.3. The van der Waals surface area contributed by atoms with Crippen LogP contribution in [0.4, 0.5) is 4.79 Å². The van der Waals surface area contributed by atoms with Crippen LogP contribution in [0.15, 0.2) is 0 Å². The molecule has 17 heavy (non-hydrogen) atoms. The molecule has 2 fully saturated rings. The predicted molar refractivity (Wildman–Crippen MR) is 66.8 cm³/mol. The van der Waals surface area contributed by atoms with Gasteiger partial charge in [0, 0.05) is 12.6 Å². The van der Waals surface area contributed by atoms with Gasteiger partial charge in [-0.15, -0.1) is 0 Å². The summed E-state index contributed by atoms with van der Waals surface area (Å²) in [7, 11) is 0. The second kappa shape index (κ2) is 4.48. The molecule has 0 unspecified atom stereocenters. The second-order valence-corrected chi connectivity index (χ2v) is 6.49. The van der Waals surface area contributed by atoms with Crippen LogP contribution in [0.5, 0.6) is 0 Å². The number of urea groups is 1. The van der Waals surface area contributed by atoms with E-state index in [0.717, 1.165) is 38.5 Å². The molecule has 4 heteroatoms. The van der Waals surface area contributed by atoms with Crippen molar-refractivity contribution in [3.8, 4) is 0 Å². The number of carbonyl (C=O) groups is 1. The third kappa shape index (κ3) is 3.87. The average molecular weight is 240 g/mol. The Bertz CT molecular complexity index is 288. The van der Waals surface area contributed by atoms with Crippen molar-refractivity contribution in [3.63, 3.8) is 0 Å². The van der Waals surface area contributed by atoms with E-state index < -0.39 is 5.60 Å². The first-order valence-corrected chi connectivity index (χ1v) is 6.65. The zero-order chi connectivity index (χ0) is 12.5. The van der Waals surface area contributed by atoms with Crippen LogP contribution in [0, 0.1) is 5.41 Å². The maximum atomic E-state index is 11.5. The van der Waals surface area contributed by atoms with Gasteiger partial charge >= 0.3 is 6.03 Å². The van der Waals surface area contributed by atoms with Crippen LogP contribution in [-0.2, 0) is 0 Å². The van der Waals surface area contributed by atoms with Crippen LogP contribution >= 0.6 is 0 Å². The zero-order valence-electron chi connectivity index (χ0n) is 10.9. The average Bonchev–Trinajstić information content (AvgIpc) is 3.05. The van der Waals surface area contributed by atoms with E-state index >= 15 is 0 Å². The first-order chi connectivity index (χ1) is 7.89. The summed E-state index contributed by atoms with van der Waals surface area (Å²) in [6, 6.07) is 0.237. The maximum absolute atomic E-state index is 11.5. The van der Waals surface area contributed by atoms with Crippen molar-refractivity contribution < 1.29 is 9.90 Å². The number of aliphatic hydroxyl groups is 1. The van der Waals surface area contributed by atoms with Gasteiger partial charge in [-0.05, 0) is 43.9 Å². The lowest BCUT2D eigenvalue weighted by atomic mass is 9.71. The monoisotopic (exact) mass is 240 g/mol. The lowest BCUT2D eigenvalue weighted by molar-refractivity contribution is -0.0223. The van der Waals surface area contributed by atoms with E-state index in [-0.39, 0.29) is 6.03 Å². The number of nitrogens with one attached hydrogen (secondary N) is 2. The molecule has 0 aromatic rings. The smallest absolute Gasteiger partial charge is 0.315 e. The Balaban J connectivity index is 1.72. The molecular weight excluding hydrogens is 216 g/mol. The summed E-state index contributed by atoms with van der Waals surface area (Å²) in [4.78, 5) is 11.5. The van der Waals surface area contributed by atoms with Gasteiger partial charge in [-0.3, -0.25) is 0 Å². The minimum absolute atomic E-state index is 0.134. The van der Waals surface area contributed by atoms with Gasteiger partial charge in [0.1, 0.15) is 0 Å². The first kappa shape index (κ1) is 12.7. The summed E-state index contributed by atoms with van der Waals surface area (Å²) >= 11 is 0. The molecule has 2 aliphatic rings. The first-order valence-electron chi connectivity index (χ1n) is 6.65. The second-order valence-electron chi connectivity index (χ2n) is 6.49. The van der Waals surface area contributed by atoms with E-state index in [1.54, 1.807) is 0 Å². The minimum Gasteiger partial charge on any atom is -0.388 e. The molecule has 2 saturated carbocycles. The fourth-order valence-electron chi connectivity index (χ4n) is 2.28. The van der Waals surface area contributed by atoms with E-state index in [1.807, 2.05) is 0 Å². The Morgan fingerprint density at radius 2 is 1.82 bits per heavy atom. The third-order valence-electron chi connectivity index (χ3n) is 4.02. The summed E-state index contributed by atoms with van der Waals surface area (Å²) in [5, 5.41) is 16.0. The summed E-state index contributed by atoms with van der Waals surface area (Å²) in [5.41, 5.74) is -0.362. The van der Waals surface area contributed by atoms with Crippen molar-refractivity contribution >= 4 is 6.03 Å². The summed E-state index contributed by atoms with van der Waals surface area (Å²) in [6.45, 7) is 4.85. The number of carbonyl (C=O) groups excluding carboxylic acids is 1. The SMILES string of the molecule is CC1(C)CCC(O)(CNC(=O)NC2CC2)CC1. The Morgan fingerprint density at radius 3 is 2.35 bits per heavy atom. The highest BCUT2D eigenvalue weighted by molar-refractivity contribution is 5.74. The molecule has 2 aliphatic carbocycles. The van der Waals surface area contributed by atoms with Crippen molar-refractivity contribution in [1.29, 1.82) is 0 Å². The molecular formula is C13H24N2O2. The van der Waals surface area contributed by atoms with Gasteiger partial charge in [0.2, 0.25) is 0 Å². The molecule has 0 bridgehead atoms. The quantitative estimate of drug-likeness (QED) is 0.704. The third-order valence-corrected chi connectivity index (χ3v) is 4.02. The van der Waals surface area contributed by atoms with Crippen molar-refractivity contribution in [3.05, 3.63) is 0 Å². The van der Waals surface area contributed by atoms with Crippen LogP contribution in [-0.4, -0.2) is 29.3 Å². The van der Waals surface area contributed by atoms with Crippen LogP contribution in [0.1, 0.15) is 52.4 Å². The van der Waals surface area contributed by atoms with Crippen LogP contribution in [0.3, 0.4) is 0 Å². The van der Waals surface area contributed by atoms with E-state index in [0.29, 0.717) is 18.0 Å². The number of hydrogen-bond donors (Lipinski definition) is 3. The van der Waals surface area contributed by atoms with Gasteiger partial charge in [0.15, 0.2) is 0 Å². The van der Waals surface area contributed by atoms with Gasteiger partial charge in [-0.2, -0.15) is 0 Å². The number of hydrogen-bond acceptors (Lipinski definition) is 2.